The van der Waals surface area contributed by atoms with Crippen molar-refractivity contribution in [1.29, 1.82) is 0 Å². The van der Waals surface area contributed by atoms with Crippen LogP contribution < -0.4 is 16.2 Å². The maximum absolute atomic E-state index is 13.4. The first kappa shape index (κ1) is 20.8. The van der Waals surface area contributed by atoms with Gasteiger partial charge in [0.05, 0.1) is 0 Å². The maximum atomic E-state index is 13.4. The average molecular weight is 412 g/mol. The van der Waals surface area contributed by atoms with Crippen molar-refractivity contribution in [2.24, 2.45) is 0 Å². The molecule has 2 aromatic carbocycles. The number of rotatable bonds is 6. The Morgan fingerprint density at radius 3 is 2.47 bits per heavy atom. The highest BCUT2D eigenvalue weighted by atomic mass is 19.2. The monoisotopic (exact) mass is 412 g/mol. The predicted molar refractivity (Wildman–Crippen MR) is 107 cm³/mol. The molecule has 0 unspecified atom stereocenters. The molecule has 3 rings (SSSR count). The summed E-state index contributed by atoms with van der Waals surface area (Å²) in [5.41, 5.74) is -0.314. The van der Waals surface area contributed by atoms with Gasteiger partial charge < -0.3 is 10.6 Å². The Morgan fingerprint density at radius 1 is 1.07 bits per heavy atom. The summed E-state index contributed by atoms with van der Waals surface area (Å²) in [5, 5.41) is 4.93. The van der Waals surface area contributed by atoms with Gasteiger partial charge in [-0.25, -0.2) is 13.8 Å². The van der Waals surface area contributed by atoms with Crippen LogP contribution in [0.15, 0.2) is 59.5 Å². The number of hydrogen-bond acceptors (Lipinski definition) is 4. The Kier molecular flexibility index (Phi) is 6.31. The summed E-state index contributed by atoms with van der Waals surface area (Å²) in [6.07, 6.45) is 1.17. The number of anilines is 1. The Hall–Kier alpha value is -3.88. The van der Waals surface area contributed by atoms with E-state index in [0.29, 0.717) is 12.1 Å². The lowest BCUT2D eigenvalue weighted by molar-refractivity contribution is -0.116. The number of amides is 2. The third-order valence-electron chi connectivity index (χ3n) is 4.17. The molecule has 0 aliphatic carbocycles. The number of carbonyl (C=O) groups excluding carboxylic acids is 2. The van der Waals surface area contributed by atoms with Crippen molar-refractivity contribution >= 4 is 17.5 Å². The maximum Gasteiger partial charge on any atom is 0.267 e. The van der Waals surface area contributed by atoms with Gasteiger partial charge in [-0.1, -0.05) is 30.3 Å². The first-order valence-electron chi connectivity index (χ1n) is 9.09. The lowest BCUT2D eigenvalue weighted by Crippen LogP contribution is -2.36. The van der Waals surface area contributed by atoms with Gasteiger partial charge in [0.1, 0.15) is 17.9 Å². The molecule has 0 radical (unpaired) electrons. The summed E-state index contributed by atoms with van der Waals surface area (Å²) in [6.45, 7) is 1.54. The molecule has 0 aliphatic heterocycles. The van der Waals surface area contributed by atoms with Crippen LogP contribution in [-0.2, 0) is 11.3 Å². The zero-order chi connectivity index (χ0) is 21.7. The number of carbonyl (C=O) groups is 2. The third-order valence-corrected chi connectivity index (χ3v) is 4.17. The first-order chi connectivity index (χ1) is 14.4. The molecule has 30 heavy (non-hydrogen) atoms. The van der Waals surface area contributed by atoms with E-state index in [1.54, 1.807) is 37.3 Å². The van der Waals surface area contributed by atoms with E-state index in [1.807, 2.05) is 0 Å². The van der Waals surface area contributed by atoms with Gasteiger partial charge >= 0.3 is 0 Å². The van der Waals surface area contributed by atoms with Gasteiger partial charge in [0.2, 0.25) is 5.91 Å². The number of halogens is 2. The molecule has 0 atom stereocenters. The van der Waals surface area contributed by atoms with E-state index in [1.165, 1.54) is 12.3 Å². The van der Waals surface area contributed by atoms with Crippen LogP contribution >= 0.6 is 0 Å². The van der Waals surface area contributed by atoms with Crippen LogP contribution in [0.25, 0.3) is 11.4 Å². The van der Waals surface area contributed by atoms with Crippen LogP contribution in [0.4, 0.5) is 14.5 Å². The minimum absolute atomic E-state index is 0.0287. The van der Waals surface area contributed by atoms with E-state index in [0.717, 1.165) is 16.7 Å². The molecule has 0 spiro atoms. The summed E-state index contributed by atoms with van der Waals surface area (Å²) < 4.78 is 27.5. The van der Waals surface area contributed by atoms with Gasteiger partial charge in [0.25, 0.3) is 11.5 Å². The Morgan fingerprint density at radius 2 is 1.80 bits per heavy atom. The fraction of sp³-hybridized carbons (Fsp3) is 0.143. The van der Waals surface area contributed by atoms with Gasteiger partial charge in [-0.15, -0.1) is 0 Å². The number of aromatic nitrogens is 2. The lowest BCUT2D eigenvalue weighted by atomic mass is 10.2. The van der Waals surface area contributed by atoms with Crippen molar-refractivity contribution in [2.75, 3.05) is 11.9 Å². The van der Waals surface area contributed by atoms with E-state index in [-0.39, 0.29) is 17.1 Å². The second-order valence-corrected chi connectivity index (χ2v) is 6.29. The summed E-state index contributed by atoms with van der Waals surface area (Å²) in [4.78, 5) is 41.8. The number of nitrogens with zero attached hydrogens (tertiary/aromatic N) is 2. The molecule has 1 aromatic heterocycles. The molecule has 7 nitrogen and oxygen atoms in total. The van der Waals surface area contributed by atoms with Crippen molar-refractivity contribution in [3.8, 4) is 11.4 Å². The van der Waals surface area contributed by atoms with Crippen LogP contribution in [0, 0.1) is 11.6 Å². The molecule has 2 amide bonds. The Balaban J connectivity index is 1.98. The fourth-order valence-corrected chi connectivity index (χ4v) is 2.79. The molecule has 0 fully saturated rings. The topological polar surface area (TPSA) is 93.1 Å². The molecule has 1 heterocycles. The van der Waals surface area contributed by atoms with Crippen molar-refractivity contribution in [3.63, 3.8) is 0 Å². The second kappa shape index (κ2) is 9.08. The molecular weight excluding hydrogens is 394 g/mol. The van der Waals surface area contributed by atoms with Gasteiger partial charge in [-0.2, -0.15) is 0 Å². The van der Waals surface area contributed by atoms with E-state index in [9.17, 15) is 23.2 Å². The number of hydrogen-bond donors (Lipinski definition) is 2. The van der Waals surface area contributed by atoms with Gasteiger partial charge in [-0.05, 0) is 19.1 Å². The molecule has 0 saturated carbocycles. The van der Waals surface area contributed by atoms with Crippen LogP contribution in [0.3, 0.4) is 0 Å². The van der Waals surface area contributed by atoms with E-state index >= 15 is 0 Å². The van der Waals surface area contributed by atoms with Gasteiger partial charge in [-0.3, -0.25) is 19.0 Å². The molecule has 0 saturated heterocycles. The summed E-state index contributed by atoms with van der Waals surface area (Å²) >= 11 is 0. The van der Waals surface area contributed by atoms with Crippen molar-refractivity contribution in [3.05, 3.63) is 82.3 Å². The van der Waals surface area contributed by atoms with Crippen molar-refractivity contribution < 1.29 is 18.4 Å². The highest BCUT2D eigenvalue weighted by Crippen LogP contribution is 2.16. The third kappa shape index (κ3) is 4.57. The van der Waals surface area contributed by atoms with Crippen LogP contribution in [0.5, 0.6) is 0 Å². The molecular formula is C21H18F2N4O3. The zero-order valence-electron chi connectivity index (χ0n) is 16.0. The summed E-state index contributed by atoms with van der Waals surface area (Å²) in [7, 11) is 0. The zero-order valence-corrected chi connectivity index (χ0v) is 16.0. The van der Waals surface area contributed by atoms with Crippen molar-refractivity contribution in [2.45, 2.75) is 13.5 Å². The number of nitrogens with one attached hydrogen (secondary N) is 2. The fourth-order valence-electron chi connectivity index (χ4n) is 2.79. The van der Waals surface area contributed by atoms with Crippen LogP contribution in [0.1, 0.15) is 17.3 Å². The van der Waals surface area contributed by atoms with Crippen molar-refractivity contribution in [1.82, 2.24) is 14.9 Å². The predicted octanol–water partition coefficient (Wildman–Crippen LogP) is 2.58. The van der Waals surface area contributed by atoms with E-state index < -0.39 is 35.6 Å². The minimum Gasteiger partial charge on any atom is -0.352 e. The molecule has 9 heteroatoms. The van der Waals surface area contributed by atoms with Crippen LogP contribution in [0.2, 0.25) is 0 Å². The first-order valence-corrected chi connectivity index (χ1v) is 9.09. The average Bonchev–Trinajstić information content (AvgIpc) is 2.73. The van der Waals surface area contributed by atoms with Gasteiger partial charge in [0.15, 0.2) is 11.6 Å². The highest BCUT2D eigenvalue weighted by molar-refractivity contribution is 5.94. The smallest absolute Gasteiger partial charge is 0.267 e. The van der Waals surface area contributed by atoms with E-state index in [4.69, 9.17) is 0 Å². The summed E-state index contributed by atoms with van der Waals surface area (Å²) in [5.74, 6) is -3.25. The summed E-state index contributed by atoms with van der Waals surface area (Å²) in [6, 6.07) is 11.6. The molecule has 0 aliphatic rings. The second-order valence-electron chi connectivity index (χ2n) is 6.29. The molecule has 3 aromatic rings. The SMILES string of the molecule is CCNC(=O)c1cnc(-c2ccccc2)n(CC(=O)Nc2ccc(F)c(F)c2)c1=O. The Labute approximate surface area is 170 Å². The molecule has 154 valence electrons. The normalized spacial score (nSPS) is 10.5. The van der Waals surface area contributed by atoms with Crippen LogP contribution in [-0.4, -0.2) is 27.9 Å². The molecule has 2 N–H and O–H groups in total. The standard InChI is InChI=1S/C21H18F2N4O3/c1-2-24-20(29)15-11-25-19(13-6-4-3-5-7-13)27(21(15)30)12-18(28)26-14-8-9-16(22)17(23)10-14/h3-11H,2,12H2,1H3,(H,24,29)(H,26,28). The van der Waals surface area contributed by atoms with Gasteiger partial charge in [0, 0.05) is 30.1 Å². The quantitative estimate of drug-likeness (QED) is 0.651. The minimum atomic E-state index is -1.12. The molecule has 0 bridgehead atoms. The largest absolute Gasteiger partial charge is 0.352 e. The van der Waals surface area contributed by atoms with E-state index in [2.05, 4.69) is 15.6 Å². The highest BCUT2D eigenvalue weighted by Gasteiger charge is 2.19. The number of benzene rings is 2. The lowest BCUT2D eigenvalue weighted by Gasteiger charge is -2.14. The Bertz CT molecular complexity index is 1150.